The predicted molar refractivity (Wildman–Crippen MR) is 98.2 cm³/mol. The van der Waals surface area contributed by atoms with Crippen LogP contribution in [-0.4, -0.2) is 23.3 Å². The van der Waals surface area contributed by atoms with E-state index < -0.39 is 0 Å². The third-order valence-electron chi connectivity index (χ3n) is 4.56. The molecule has 0 fully saturated rings. The van der Waals surface area contributed by atoms with Crippen LogP contribution in [0, 0.1) is 11.8 Å². The molecule has 1 aromatic rings. The summed E-state index contributed by atoms with van der Waals surface area (Å²) in [6.45, 7) is 6.51. The van der Waals surface area contributed by atoms with Gasteiger partial charge in [0.1, 0.15) is 11.9 Å². The lowest BCUT2D eigenvalue weighted by Crippen LogP contribution is -2.47. The van der Waals surface area contributed by atoms with Crippen LogP contribution in [0.2, 0.25) is 0 Å². The average molecular weight is 328 g/mol. The van der Waals surface area contributed by atoms with Crippen molar-refractivity contribution in [1.82, 2.24) is 15.6 Å². The number of aliphatic imine (C=N–C) groups is 1. The van der Waals surface area contributed by atoms with Gasteiger partial charge in [-0.15, -0.1) is 0 Å². The molecule has 0 saturated heterocycles. The number of rotatable bonds is 8. The van der Waals surface area contributed by atoms with Crippen molar-refractivity contribution in [2.45, 2.75) is 52.6 Å². The molecule has 0 bridgehead atoms. The summed E-state index contributed by atoms with van der Waals surface area (Å²) in [5, 5.41) is 6.19. The second-order valence-electron chi connectivity index (χ2n) is 6.37. The lowest BCUT2D eigenvalue weighted by atomic mass is 9.93. The summed E-state index contributed by atoms with van der Waals surface area (Å²) in [5.74, 6) is 0.833. The molecule has 0 aromatic carbocycles. The van der Waals surface area contributed by atoms with Crippen molar-refractivity contribution in [3.63, 3.8) is 0 Å². The maximum absolute atomic E-state index is 12.4. The monoisotopic (exact) mass is 328 g/mol. The molecular formula is C19H28N4O. The first-order chi connectivity index (χ1) is 11.6. The number of carbonyl (C=O) groups excluding carboxylic acids is 1. The number of hydrogen-bond acceptors (Lipinski definition) is 4. The Hall–Kier alpha value is -2.17. The summed E-state index contributed by atoms with van der Waals surface area (Å²) in [5.41, 5.74) is 1.58. The molecular weight excluding hydrogens is 300 g/mol. The number of aromatic nitrogens is 1. The van der Waals surface area contributed by atoms with Crippen LogP contribution in [0.4, 0.5) is 0 Å². The molecule has 0 radical (unpaired) electrons. The fourth-order valence-corrected chi connectivity index (χ4v) is 2.62. The summed E-state index contributed by atoms with van der Waals surface area (Å²) >= 11 is 0. The molecule has 1 aliphatic heterocycles. The van der Waals surface area contributed by atoms with Crippen molar-refractivity contribution in [3.05, 3.63) is 36.3 Å². The first-order valence-corrected chi connectivity index (χ1v) is 8.86. The highest BCUT2D eigenvalue weighted by Crippen LogP contribution is 2.18. The number of amides is 1. The Labute approximate surface area is 144 Å². The molecule has 3 atom stereocenters. The van der Waals surface area contributed by atoms with Crippen molar-refractivity contribution < 1.29 is 4.79 Å². The largest absolute Gasteiger partial charge is 0.365 e. The van der Waals surface area contributed by atoms with E-state index in [2.05, 4.69) is 41.4 Å². The Balaban J connectivity index is 1.85. The van der Waals surface area contributed by atoms with Crippen LogP contribution in [0.15, 0.2) is 35.6 Å². The molecule has 2 N–H and O–H groups in total. The van der Waals surface area contributed by atoms with E-state index in [-0.39, 0.29) is 18.0 Å². The number of nitrogens with one attached hydrogen (secondary N) is 2. The summed E-state index contributed by atoms with van der Waals surface area (Å²) in [4.78, 5) is 21.1. The van der Waals surface area contributed by atoms with Crippen molar-refractivity contribution in [3.8, 4) is 0 Å². The van der Waals surface area contributed by atoms with Gasteiger partial charge in [0.15, 0.2) is 0 Å². The summed E-state index contributed by atoms with van der Waals surface area (Å²) in [6.07, 6.45) is 9.06. The molecule has 2 heterocycles. The smallest absolute Gasteiger partial charge is 0.224 e. The molecule has 3 unspecified atom stereocenters. The van der Waals surface area contributed by atoms with Crippen molar-refractivity contribution in [2.75, 3.05) is 0 Å². The van der Waals surface area contributed by atoms with Crippen molar-refractivity contribution in [2.24, 2.45) is 16.8 Å². The first kappa shape index (κ1) is 18.2. The quantitative estimate of drug-likeness (QED) is 0.769. The van der Waals surface area contributed by atoms with Gasteiger partial charge in [-0.05, 0) is 37.3 Å². The van der Waals surface area contributed by atoms with Crippen LogP contribution in [0.5, 0.6) is 0 Å². The topological polar surface area (TPSA) is 66.4 Å². The molecule has 0 aliphatic carbocycles. The Morgan fingerprint density at radius 1 is 1.29 bits per heavy atom. The van der Waals surface area contributed by atoms with E-state index in [1.54, 1.807) is 18.6 Å². The van der Waals surface area contributed by atoms with Gasteiger partial charge in [-0.25, -0.2) is 0 Å². The molecule has 24 heavy (non-hydrogen) atoms. The Morgan fingerprint density at radius 2 is 2.12 bits per heavy atom. The van der Waals surface area contributed by atoms with E-state index in [0.29, 0.717) is 5.92 Å². The molecule has 130 valence electrons. The fraction of sp³-hybridized carbons (Fsp3) is 0.526. The minimum Gasteiger partial charge on any atom is -0.365 e. The number of nitrogens with zero attached hydrogens (tertiary/aromatic N) is 2. The molecule has 1 aromatic heterocycles. The zero-order valence-corrected chi connectivity index (χ0v) is 14.8. The van der Waals surface area contributed by atoms with Crippen molar-refractivity contribution in [1.29, 1.82) is 0 Å². The predicted octanol–water partition coefficient (Wildman–Crippen LogP) is 3.35. The maximum atomic E-state index is 12.4. The van der Waals surface area contributed by atoms with Crippen LogP contribution in [0.25, 0.3) is 5.70 Å². The van der Waals surface area contributed by atoms with Crippen LogP contribution in [0.1, 0.15) is 52.1 Å². The van der Waals surface area contributed by atoms with Gasteiger partial charge >= 0.3 is 0 Å². The van der Waals surface area contributed by atoms with Crippen LogP contribution >= 0.6 is 0 Å². The lowest BCUT2D eigenvalue weighted by molar-refractivity contribution is -0.125. The standard InChI is InChI=1S/C19H28N4O/c1-4-14(3)9-10-15(5-2)19(24)23-18-13-21-17(12-22-18)16-8-6-7-11-20-16/h6-8,11-15,18,22H,4-5,9-10H2,1-3H3,(H,23,24). The molecule has 0 spiro atoms. The van der Waals surface area contributed by atoms with Crippen molar-refractivity contribution >= 4 is 17.8 Å². The average Bonchev–Trinajstić information content (AvgIpc) is 2.63. The second-order valence-corrected chi connectivity index (χ2v) is 6.37. The third kappa shape index (κ3) is 5.18. The molecule has 1 aliphatic rings. The minimum absolute atomic E-state index is 0.0652. The molecule has 5 heteroatoms. The van der Waals surface area contributed by atoms with Crippen LogP contribution in [0.3, 0.4) is 0 Å². The minimum atomic E-state index is -0.261. The summed E-state index contributed by atoms with van der Waals surface area (Å²) in [7, 11) is 0. The zero-order valence-electron chi connectivity index (χ0n) is 14.8. The van der Waals surface area contributed by atoms with Crippen LogP contribution in [-0.2, 0) is 4.79 Å². The van der Waals surface area contributed by atoms with E-state index in [1.165, 1.54) is 0 Å². The van der Waals surface area contributed by atoms with E-state index in [9.17, 15) is 4.79 Å². The highest BCUT2D eigenvalue weighted by Gasteiger charge is 2.20. The lowest BCUT2D eigenvalue weighted by Gasteiger charge is -2.22. The molecule has 5 nitrogen and oxygen atoms in total. The third-order valence-corrected chi connectivity index (χ3v) is 4.56. The molecule has 1 amide bonds. The van der Waals surface area contributed by atoms with E-state index >= 15 is 0 Å². The van der Waals surface area contributed by atoms with Gasteiger partial charge in [-0.1, -0.05) is 33.3 Å². The second kappa shape index (κ2) is 9.21. The highest BCUT2D eigenvalue weighted by atomic mass is 16.2. The van der Waals surface area contributed by atoms with Gasteiger partial charge in [0.2, 0.25) is 5.91 Å². The maximum Gasteiger partial charge on any atom is 0.224 e. The molecule has 2 rings (SSSR count). The number of pyridine rings is 1. The Morgan fingerprint density at radius 3 is 2.71 bits per heavy atom. The SMILES string of the molecule is CCC(C)CCC(CC)C(=O)NC1C=NC(c2ccccn2)=CN1. The van der Waals surface area contributed by atoms with Gasteiger partial charge < -0.3 is 10.6 Å². The molecule has 0 saturated carbocycles. The number of hydrogen-bond donors (Lipinski definition) is 2. The fourth-order valence-electron chi connectivity index (χ4n) is 2.62. The summed E-state index contributed by atoms with van der Waals surface area (Å²) in [6, 6.07) is 5.71. The first-order valence-electron chi connectivity index (χ1n) is 8.86. The van der Waals surface area contributed by atoms with E-state index in [1.807, 2.05) is 18.2 Å². The van der Waals surface area contributed by atoms with Crippen LogP contribution < -0.4 is 10.6 Å². The van der Waals surface area contributed by atoms with Gasteiger partial charge in [-0.3, -0.25) is 14.8 Å². The van der Waals surface area contributed by atoms with Gasteiger partial charge in [0.05, 0.1) is 5.69 Å². The number of carbonyl (C=O) groups is 1. The van der Waals surface area contributed by atoms with Gasteiger partial charge in [0.25, 0.3) is 0 Å². The summed E-state index contributed by atoms with van der Waals surface area (Å²) < 4.78 is 0. The zero-order chi connectivity index (χ0) is 17.4. The highest BCUT2D eigenvalue weighted by molar-refractivity contribution is 5.85. The van der Waals surface area contributed by atoms with E-state index in [0.717, 1.165) is 37.1 Å². The Bertz CT molecular complexity index is 582. The van der Waals surface area contributed by atoms with E-state index in [4.69, 9.17) is 0 Å². The van der Waals surface area contributed by atoms with Gasteiger partial charge in [-0.2, -0.15) is 0 Å². The van der Waals surface area contributed by atoms with Gasteiger partial charge in [0, 0.05) is 24.5 Å². The normalized spacial score (nSPS) is 19.1. The Kier molecular flexibility index (Phi) is 6.97.